The van der Waals surface area contributed by atoms with Gasteiger partial charge in [0.05, 0.1) is 0 Å². The predicted octanol–water partition coefficient (Wildman–Crippen LogP) is 0.533. The molecule has 0 bridgehead atoms. The molecule has 0 amide bonds. The van der Waals surface area contributed by atoms with Crippen molar-refractivity contribution >= 4 is 5.97 Å². The van der Waals surface area contributed by atoms with E-state index in [1.54, 1.807) is 0 Å². The van der Waals surface area contributed by atoms with Gasteiger partial charge in [0.1, 0.15) is 0 Å². The molecule has 0 aromatic heterocycles. The zero-order valence-electron chi connectivity index (χ0n) is 8.99. The van der Waals surface area contributed by atoms with Crippen LogP contribution in [0.5, 0.6) is 0 Å². The average Bonchev–Trinajstić information content (AvgIpc) is 2.15. The fourth-order valence-electron chi connectivity index (χ4n) is 1.81. The third kappa shape index (κ3) is 3.64. The molecule has 1 aliphatic heterocycles. The first-order chi connectivity index (χ1) is 6.59. The number of carbonyl (C=O) groups is 1. The molecule has 1 rings (SSSR count). The van der Waals surface area contributed by atoms with Gasteiger partial charge in [-0.15, -0.1) is 0 Å². The lowest BCUT2D eigenvalue weighted by Crippen LogP contribution is -2.52. The summed E-state index contributed by atoms with van der Waals surface area (Å²) in [4.78, 5) is 12.8. The summed E-state index contributed by atoms with van der Waals surface area (Å²) in [5.74, 6) is -0.700. The lowest BCUT2D eigenvalue weighted by atomic mass is 10.1. The molecule has 14 heavy (non-hydrogen) atoms. The molecule has 4 nitrogen and oxygen atoms in total. The van der Waals surface area contributed by atoms with Gasteiger partial charge in [-0.2, -0.15) is 0 Å². The van der Waals surface area contributed by atoms with Gasteiger partial charge in [0.2, 0.25) is 0 Å². The molecule has 1 fully saturated rings. The van der Waals surface area contributed by atoms with Gasteiger partial charge in [0, 0.05) is 38.1 Å². The monoisotopic (exact) mass is 200 g/mol. The minimum Gasteiger partial charge on any atom is -0.481 e. The second kappa shape index (κ2) is 5.32. The Morgan fingerprint density at radius 2 is 2.36 bits per heavy atom. The molecule has 1 atom stereocenters. The van der Waals surface area contributed by atoms with E-state index in [1.807, 2.05) is 0 Å². The molecular weight excluding hydrogens is 180 g/mol. The predicted molar refractivity (Wildman–Crippen MR) is 55.4 cm³/mol. The number of hydrogen-bond donors (Lipinski definition) is 2. The molecule has 1 heterocycles. The summed E-state index contributed by atoms with van der Waals surface area (Å²) in [5, 5.41) is 11.9. The largest absolute Gasteiger partial charge is 0.481 e. The maximum absolute atomic E-state index is 10.4. The quantitative estimate of drug-likeness (QED) is 0.695. The Hall–Kier alpha value is -0.610. The number of carboxylic acids is 1. The molecule has 1 saturated heterocycles. The highest BCUT2D eigenvalue weighted by atomic mass is 16.4. The number of carboxylic acid groups (broad SMARTS) is 1. The number of nitrogens with zero attached hydrogens (tertiary/aromatic N) is 1. The van der Waals surface area contributed by atoms with Crippen LogP contribution in [0.25, 0.3) is 0 Å². The van der Waals surface area contributed by atoms with E-state index in [4.69, 9.17) is 5.11 Å². The molecule has 0 radical (unpaired) electrons. The molecule has 0 aliphatic carbocycles. The van der Waals surface area contributed by atoms with Crippen molar-refractivity contribution in [2.75, 3.05) is 19.6 Å². The van der Waals surface area contributed by atoms with Crippen LogP contribution in [-0.4, -0.2) is 47.7 Å². The molecule has 1 unspecified atom stereocenters. The molecule has 1 aliphatic rings. The van der Waals surface area contributed by atoms with Gasteiger partial charge in [-0.3, -0.25) is 9.69 Å². The van der Waals surface area contributed by atoms with E-state index >= 15 is 0 Å². The number of nitrogens with one attached hydrogen (secondary N) is 1. The van der Waals surface area contributed by atoms with Crippen molar-refractivity contribution in [3.05, 3.63) is 0 Å². The minimum absolute atomic E-state index is 0.267. The van der Waals surface area contributed by atoms with Gasteiger partial charge in [-0.1, -0.05) is 0 Å². The molecule has 0 aromatic rings. The van der Waals surface area contributed by atoms with Gasteiger partial charge in [0.25, 0.3) is 0 Å². The first kappa shape index (κ1) is 11.5. The third-order valence-corrected chi connectivity index (χ3v) is 2.72. The summed E-state index contributed by atoms with van der Waals surface area (Å²) in [5.41, 5.74) is 0. The van der Waals surface area contributed by atoms with Crippen molar-refractivity contribution in [3.63, 3.8) is 0 Å². The highest BCUT2D eigenvalue weighted by Crippen LogP contribution is 2.08. The molecule has 0 aromatic carbocycles. The summed E-state index contributed by atoms with van der Waals surface area (Å²) < 4.78 is 0. The molecule has 4 heteroatoms. The second-order valence-electron chi connectivity index (χ2n) is 4.17. The van der Waals surface area contributed by atoms with Crippen LogP contribution in [0.2, 0.25) is 0 Å². The summed E-state index contributed by atoms with van der Waals surface area (Å²) in [6, 6.07) is 0.909. The number of aliphatic carboxylic acids is 1. The number of piperazine rings is 1. The van der Waals surface area contributed by atoms with Crippen LogP contribution < -0.4 is 5.32 Å². The summed E-state index contributed by atoms with van der Waals surface area (Å²) in [6.45, 7) is 7.38. The Labute approximate surface area is 85.3 Å². The van der Waals surface area contributed by atoms with Gasteiger partial charge >= 0.3 is 5.97 Å². The third-order valence-electron chi connectivity index (χ3n) is 2.72. The van der Waals surface area contributed by atoms with Gasteiger partial charge in [-0.05, 0) is 20.3 Å². The Bertz CT molecular complexity index is 195. The zero-order chi connectivity index (χ0) is 10.6. The van der Waals surface area contributed by atoms with Crippen molar-refractivity contribution in [3.8, 4) is 0 Å². The van der Waals surface area contributed by atoms with Crippen LogP contribution in [0.4, 0.5) is 0 Å². The average molecular weight is 200 g/mol. The second-order valence-corrected chi connectivity index (χ2v) is 4.17. The summed E-state index contributed by atoms with van der Waals surface area (Å²) in [6.07, 6.45) is 1.00. The molecular formula is C10H20N2O2. The van der Waals surface area contributed by atoms with E-state index in [1.165, 1.54) is 0 Å². The van der Waals surface area contributed by atoms with E-state index in [2.05, 4.69) is 24.1 Å². The van der Waals surface area contributed by atoms with Gasteiger partial charge in [0.15, 0.2) is 0 Å². The lowest BCUT2D eigenvalue weighted by molar-refractivity contribution is -0.137. The van der Waals surface area contributed by atoms with Gasteiger partial charge < -0.3 is 10.4 Å². The summed E-state index contributed by atoms with van der Waals surface area (Å²) in [7, 11) is 0. The highest BCUT2D eigenvalue weighted by Gasteiger charge is 2.21. The maximum Gasteiger partial charge on any atom is 0.303 e. The fourth-order valence-corrected chi connectivity index (χ4v) is 1.81. The van der Waals surface area contributed by atoms with Crippen LogP contribution in [0.3, 0.4) is 0 Å². The number of rotatable bonds is 4. The Morgan fingerprint density at radius 3 is 2.93 bits per heavy atom. The lowest BCUT2D eigenvalue weighted by Gasteiger charge is -2.36. The number of hydrogen-bond acceptors (Lipinski definition) is 3. The van der Waals surface area contributed by atoms with E-state index in [0.717, 1.165) is 26.1 Å². The zero-order valence-corrected chi connectivity index (χ0v) is 8.99. The van der Waals surface area contributed by atoms with Crippen LogP contribution >= 0.6 is 0 Å². The molecule has 0 spiro atoms. The first-order valence-corrected chi connectivity index (χ1v) is 5.29. The smallest absolute Gasteiger partial charge is 0.303 e. The Morgan fingerprint density at radius 1 is 1.64 bits per heavy atom. The van der Waals surface area contributed by atoms with Crippen LogP contribution in [-0.2, 0) is 4.79 Å². The highest BCUT2D eigenvalue weighted by molar-refractivity contribution is 5.66. The summed E-state index contributed by atoms with van der Waals surface area (Å²) >= 11 is 0. The van der Waals surface area contributed by atoms with Crippen LogP contribution in [0.1, 0.15) is 26.7 Å². The van der Waals surface area contributed by atoms with E-state index < -0.39 is 5.97 Å². The molecule has 82 valence electrons. The van der Waals surface area contributed by atoms with Crippen molar-refractivity contribution < 1.29 is 9.90 Å². The standard InChI is InChI=1S/C10H20N2O2/c1-8(2)12-6-5-11-9(7-12)3-4-10(13)14/h8-9,11H,3-7H2,1-2H3,(H,13,14). The first-order valence-electron chi connectivity index (χ1n) is 5.29. The molecule has 2 N–H and O–H groups in total. The van der Waals surface area contributed by atoms with E-state index in [9.17, 15) is 4.79 Å². The Kier molecular flexibility index (Phi) is 4.35. The topological polar surface area (TPSA) is 52.6 Å². The van der Waals surface area contributed by atoms with E-state index in [0.29, 0.717) is 12.1 Å². The van der Waals surface area contributed by atoms with Crippen molar-refractivity contribution in [1.29, 1.82) is 0 Å². The fraction of sp³-hybridized carbons (Fsp3) is 0.900. The van der Waals surface area contributed by atoms with Crippen LogP contribution in [0, 0.1) is 0 Å². The van der Waals surface area contributed by atoms with Crippen molar-refractivity contribution in [2.24, 2.45) is 0 Å². The maximum atomic E-state index is 10.4. The van der Waals surface area contributed by atoms with Crippen molar-refractivity contribution in [1.82, 2.24) is 10.2 Å². The SMILES string of the molecule is CC(C)N1CCNC(CCC(=O)O)C1. The Balaban J connectivity index is 2.29. The van der Waals surface area contributed by atoms with Crippen molar-refractivity contribution in [2.45, 2.75) is 38.8 Å². The molecule has 0 saturated carbocycles. The minimum atomic E-state index is -0.700. The van der Waals surface area contributed by atoms with Gasteiger partial charge in [-0.25, -0.2) is 0 Å². The van der Waals surface area contributed by atoms with E-state index in [-0.39, 0.29) is 6.42 Å². The van der Waals surface area contributed by atoms with Crippen LogP contribution in [0.15, 0.2) is 0 Å². The normalized spacial score (nSPS) is 24.1.